The van der Waals surface area contributed by atoms with Gasteiger partial charge in [0, 0.05) is 19.6 Å². The van der Waals surface area contributed by atoms with Crippen LogP contribution in [0.3, 0.4) is 0 Å². The van der Waals surface area contributed by atoms with Crippen LogP contribution in [0.4, 0.5) is 4.79 Å². The summed E-state index contributed by atoms with van der Waals surface area (Å²) < 4.78 is 5.20. The Morgan fingerprint density at radius 2 is 2.27 bits per heavy atom. The fraction of sp³-hybridized carbons (Fsp3) is 0.900. The number of thioether (sulfide) groups is 1. The Morgan fingerprint density at radius 3 is 2.93 bits per heavy atom. The highest BCUT2D eigenvalue weighted by molar-refractivity contribution is 7.99. The van der Waals surface area contributed by atoms with Crippen LogP contribution in [-0.2, 0) is 4.74 Å². The molecule has 15 heavy (non-hydrogen) atoms. The van der Waals surface area contributed by atoms with Crippen LogP contribution in [0.15, 0.2) is 0 Å². The molecule has 1 atom stereocenters. The number of hydrogen-bond donors (Lipinski definition) is 1. The maximum atomic E-state index is 11.7. The monoisotopic (exact) mass is 230 g/mol. The second-order valence-corrected chi connectivity index (χ2v) is 5.16. The van der Waals surface area contributed by atoms with E-state index in [1.54, 1.807) is 0 Å². The standard InChI is InChI=1S/C10H18N2O2S/c13-10(12-2-4-14-5-3-12)11-7-9-1-6-15-8-9/h9H,1-8H2,(H,11,13). The SMILES string of the molecule is O=C(NCC1CCSC1)N1CCOCC1. The molecule has 86 valence electrons. The van der Waals surface area contributed by atoms with Crippen molar-refractivity contribution >= 4 is 17.8 Å². The van der Waals surface area contributed by atoms with Crippen LogP contribution in [0.25, 0.3) is 0 Å². The smallest absolute Gasteiger partial charge is 0.317 e. The number of nitrogens with zero attached hydrogens (tertiary/aromatic N) is 1. The highest BCUT2D eigenvalue weighted by Crippen LogP contribution is 2.22. The summed E-state index contributed by atoms with van der Waals surface area (Å²) in [5.41, 5.74) is 0. The molecule has 0 aromatic rings. The van der Waals surface area contributed by atoms with Gasteiger partial charge in [0.25, 0.3) is 0 Å². The van der Waals surface area contributed by atoms with E-state index in [1.165, 1.54) is 17.9 Å². The molecule has 0 aliphatic carbocycles. The van der Waals surface area contributed by atoms with Gasteiger partial charge in [0.1, 0.15) is 0 Å². The Hall–Kier alpha value is -0.420. The van der Waals surface area contributed by atoms with E-state index in [2.05, 4.69) is 5.32 Å². The van der Waals surface area contributed by atoms with Gasteiger partial charge in [0.15, 0.2) is 0 Å². The van der Waals surface area contributed by atoms with Gasteiger partial charge in [-0.05, 0) is 23.8 Å². The maximum absolute atomic E-state index is 11.7. The molecular formula is C10H18N2O2S. The normalized spacial score (nSPS) is 26.7. The average molecular weight is 230 g/mol. The first-order valence-electron chi connectivity index (χ1n) is 5.54. The fourth-order valence-corrected chi connectivity index (χ4v) is 3.14. The third-order valence-electron chi connectivity index (χ3n) is 2.86. The summed E-state index contributed by atoms with van der Waals surface area (Å²) in [4.78, 5) is 13.5. The summed E-state index contributed by atoms with van der Waals surface area (Å²) in [6, 6.07) is 0.0789. The molecule has 5 heteroatoms. The Morgan fingerprint density at radius 1 is 1.47 bits per heavy atom. The van der Waals surface area contributed by atoms with E-state index in [0.29, 0.717) is 19.1 Å². The molecule has 0 aromatic carbocycles. The quantitative estimate of drug-likeness (QED) is 0.762. The van der Waals surface area contributed by atoms with Gasteiger partial charge >= 0.3 is 6.03 Å². The van der Waals surface area contributed by atoms with Crippen LogP contribution in [0.5, 0.6) is 0 Å². The molecular weight excluding hydrogens is 212 g/mol. The van der Waals surface area contributed by atoms with E-state index in [9.17, 15) is 4.79 Å². The number of rotatable bonds is 2. The molecule has 4 nitrogen and oxygen atoms in total. The molecule has 0 bridgehead atoms. The highest BCUT2D eigenvalue weighted by atomic mass is 32.2. The van der Waals surface area contributed by atoms with Crippen molar-refractivity contribution in [1.29, 1.82) is 0 Å². The molecule has 2 amide bonds. The second-order valence-electron chi connectivity index (χ2n) is 4.02. The van der Waals surface area contributed by atoms with E-state index in [1.807, 2.05) is 16.7 Å². The fourth-order valence-electron chi connectivity index (χ4n) is 1.85. The van der Waals surface area contributed by atoms with Crippen LogP contribution in [-0.4, -0.2) is 55.3 Å². The number of nitrogens with one attached hydrogen (secondary N) is 1. The number of urea groups is 1. The van der Waals surface area contributed by atoms with Crippen LogP contribution >= 0.6 is 11.8 Å². The minimum atomic E-state index is 0.0789. The Kier molecular flexibility index (Phi) is 4.14. The summed E-state index contributed by atoms with van der Waals surface area (Å²) in [5, 5.41) is 3.01. The molecule has 2 heterocycles. The number of hydrogen-bond acceptors (Lipinski definition) is 3. The number of carbonyl (C=O) groups is 1. The summed E-state index contributed by atoms with van der Waals surface area (Å²) >= 11 is 1.98. The van der Waals surface area contributed by atoms with Gasteiger partial charge in [-0.1, -0.05) is 0 Å². The van der Waals surface area contributed by atoms with Gasteiger partial charge in [-0.3, -0.25) is 0 Å². The molecule has 2 aliphatic heterocycles. The second kappa shape index (κ2) is 5.61. The first-order valence-corrected chi connectivity index (χ1v) is 6.70. The van der Waals surface area contributed by atoms with Crippen LogP contribution in [0.2, 0.25) is 0 Å². The lowest BCUT2D eigenvalue weighted by Crippen LogP contribution is -2.47. The maximum Gasteiger partial charge on any atom is 0.317 e. The zero-order valence-electron chi connectivity index (χ0n) is 8.91. The molecule has 2 saturated heterocycles. The van der Waals surface area contributed by atoms with Crippen molar-refractivity contribution in [2.24, 2.45) is 5.92 Å². The lowest BCUT2D eigenvalue weighted by Gasteiger charge is -2.27. The Labute approximate surface area is 94.7 Å². The van der Waals surface area contributed by atoms with Crippen molar-refractivity contribution < 1.29 is 9.53 Å². The van der Waals surface area contributed by atoms with E-state index in [0.717, 1.165) is 19.6 Å². The number of morpholine rings is 1. The lowest BCUT2D eigenvalue weighted by molar-refractivity contribution is 0.0530. The summed E-state index contributed by atoms with van der Waals surface area (Å²) in [6.45, 7) is 3.64. The van der Waals surface area contributed by atoms with Crippen molar-refractivity contribution in [2.75, 3.05) is 44.4 Å². The predicted molar refractivity (Wildman–Crippen MR) is 61.2 cm³/mol. The van der Waals surface area contributed by atoms with Crippen LogP contribution < -0.4 is 5.32 Å². The van der Waals surface area contributed by atoms with Crippen LogP contribution in [0, 0.1) is 5.92 Å². The van der Waals surface area contributed by atoms with Crippen LogP contribution in [0.1, 0.15) is 6.42 Å². The molecule has 2 fully saturated rings. The van der Waals surface area contributed by atoms with Crippen molar-refractivity contribution in [3.05, 3.63) is 0 Å². The molecule has 0 spiro atoms. The van der Waals surface area contributed by atoms with Gasteiger partial charge in [0.2, 0.25) is 0 Å². The molecule has 0 radical (unpaired) electrons. The van der Waals surface area contributed by atoms with Crippen molar-refractivity contribution in [3.8, 4) is 0 Å². The van der Waals surface area contributed by atoms with E-state index < -0.39 is 0 Å². The van der Waals surface area contributed by atoms with Crippen molar-refractivity contribution in [2.45, 2.75) is 6.42 Å². The third kappa shape index (κ3) is 3.28. The van der Waals surface area contributed by atoms with Gasteiger partial charge in [-0.25, -0.2) is 4.79 Å². The zero-order valence-corrected chi connectivity index (χ0v) is 9.72. The average Bonchev–Trinajstić information content (AvgIpc) is 2.80. The summed E-state index contributed by atoms with van der Waals surface area (Å²) in [6.07, 6.45) is 1.24. The Bertz CT molecular complexity index is 213. The van der Waals surface area contributed by atoms with Gasteiger partial charge in [-0.15, -0.1) is 0 Å². The predicted octanol–water partition coefficient (Wildman–Crippen LogP) is 0.781. The molecule has 2 aliphatic rings. The number of ether oxygens (including phenoxy) is 1. The minimum Gasteiger partial charge on any atom is -0.378 e. The molecule has 1 unspecified atom stereocenters. The first kappa shape index (κ1) is 11.1. The highest BCUT2D eigenvalue weighted by Gasteiger charge is 2.19. The number of carbonyl (C=O) groups excluding carboxylic acids is 1. The molecule has 0 aromatic heterocycles. The lowest BCUT2D eigenvalue weighted by atomic mass is 10.1. The van der Waals surface area contributed by atoms with Gasteiger partial charge in [-0.2, -0.15) is 11.8 Å². The van der Waals surface area contributed by atoms with Gasteiger partial charge in [0.05, 0.1) is 13.2 Å². The molecule has 1 N–H and O–H groups in total. The van der Waals surface area contributed by atoms with Crippen molar-refractivity contribution in [3.63, 3.8) is 0 Å². The third-order valence-corrected chi connectivity index (χ3v) is 4.10. The van der Waals surface area contributed by atoms with E-state index >= 15 is 0 Å². The topological polar surface area (TPSA) is 41.6 Å². The van der Waals surface area contributed by atoms with Gasteiger partial charge < -0.3 is 15.0 Å². The molecule has 2 rings (SSSR count). The number of amides is 2. The summed E-state index contributed by atoms with van der Waals surface area (Å²) in [5.74, 6) is 3.13. The Balaban J connectivity index is 1.66. The minimum absolute atomic E-state index is 0.0789. The van der Waals surface area contributed by atoms with E-state index in [4.69, 9.17) is 4.74 Å². The first-order chi connectivity index (χ1) is 7.36. The molecule has 0 saturated carbocycles. The van der Waals surface area contributed by atoms with Crippen molar-refractivity contribution in [1.82, 2.24) is 10.2 Å². The largest absolute Gasteiger partial charge is 0.378 e. The zero-order chi connectivity index (χ0) is 10.5. The van der Waals surface area contributed by atoms with E-state index in [-0.39, 0.29) is 6.03 Å². The summed E-state index contributed by atoms with van der Waals surface area (Å²) in [7, 11) is 0.